The van der Waals surface area contributed by atoms with Crippen LogP contribution in [-0.2, 0) is 6.18 Å². The minimum atomic E-state index is -4.47. The van der Waals surface area contributed by atoms with Crippen LogP contribution in [0, 0.1) is 0 Å². The van der Waals surface area contributed by atoms with E-state index in [0.29, 0.717) is 15.7 Å². The van der Waals surface area contributed by atoms with Crippen molar-refractivity contribution in [3.63, 3.8) is 0 Å². The Morgan fingerprint density at radius 2 is 1.71 bits per heavy atom. The first-order chi connectivity index (χ1) is 9.84. The number of hydrogen-bond donors (Lipinski definition) is 3. The van der Waals surface area contributed by atoms with Gasteiger partial charge in [0.1, 0.15) is 0 Å². The van der Waals surface area contributed by atoms with E-state index in [1.54, 1.807) is 18.2 Å². The van der Waals surface area contributed by atoms with Crippen molar-refractivity contribution in [3.05, 3.63) is 63.6 Å². The van der Waals surface area contributed by atoms with Crippen LogP contribution in [0.3, 0.4) is 0 Å². The molecule has 0 saturated heterocycles. The van der Waals surface area contributed by atoms with Crippen LogP contribution in [0.4, 0.5) is 18.9 Å². The zero-order valence-electron chi connectivity index (χ0n) is 10.8. The molecule has 0 aromatic heterocycles. The maximum atomic E-state index is 13.1. The Balaban J connectivity index is 2.60. The van der Waals surface area contributed by atoms with Gasteiger partial charge in [-0.25, -0.2) is 5.43 Å². The molecule has 0 aliphatic carbocycles. The lowest BCUT2D eigenvalue weighted by Crippen LogP contribution is -2.31. The number of anilines is 1. The summed E-state index contributed by atoms with van der Waals surface area (Å²) in [5.41, 5.74) is 8.40. The van der Waals surface area contributed by atoms with Gasteiger partial charge in [0.25, 0.3) is 0 Å². The van der Waals surface area contributed by atoms with Gasteiger partial charge in [-0.2, -0.15) is 13.2 Å². The van der Waals surface area contributed by atoms with Gasteiger partial charge in [-0.1, -0.05) is 34.1 Å². The van der Waals surface area contributed by atoms with Crippen molar-refractivity contribution in [1.82, 2.24) is 5.43 Å². The van der Waals surface area contributed by atoms with Crippen molar-refractivity contribution in [2.45, 2.75) is 12.2 Å². The minimum Gasteiger partial charge on any atom is -0.398 e. The van der Waals surface area contributed by atoms with Gasteiger partial charge in [-0.3, -0.25) is 5.84 Å². The molecule has 0 saturated carbocycles. The molecule has 0 bridgehead atoms. The van der Waals surface area contributed by atoms with Gasteiger partial charge >= 0.3 is 6.18 Å². The molecule has 0 heterocycles. The van der Waals surface area contributed by atoms with E-state index in [1.807, 2.05) is 0 Å². The molecule has 2 aromatic rings. The van der Waals surface area contributed by atoms with Crippen LogP contribution in [0.5, 0.6) is 0 Å². The van der Waals surface area contributed by atoms with Gasteiger partial charge in [-0.05, 0) is 35.4 Å². The summed E-state index contributed by atoms with van der Waals surface area (Å²) in [6.45, 7) is 0. The predicted octanol–water partition coefficient (Wildman–Crippen LogP) is 3.60. The van der Waals surface area contributed by atoms with Gasteiger partial charge in [0.2, 0.25) is 0 Å². The van der Waals surface area contributed by atoms with Crippen molar-refractivity contribution in [3.8, 4) is 0 Å². The van der Waals surface area contributed by atoms with Gasteiger partial charge < -0.3 is 5.73 Å². The molecule has 21 heavy (non-hydrogen) atoms. The molecule has 2 aromatic carbocycles. The Bertz CT molecular complexity index is 644. The topological polar surface area (TPSA) is 64.1 Å². The molecular weight excluding hydrogens is 347 g/mol. The zero-order valence-corrected chi connectivity index (χ0v) is 12.4. The number of nitrogens with two attached hydrogens (primary N) is 2. The van der Waals surface area contributed by atoms with Crippen molar-refractivity contribution in [2.75, 3.05) is 5.73 Å². The predicted molar refractivity (Wildman–Crippen MR) is 79.2 cm³/mol. The molecule has 0 radical (unpaired) electrons. The fraction of sp³-hybridized carbons (Fsp3) is 0.143. The molecule has 0 aliphatic heterocycles. The lowest BCUT2D eigenvalue weighted by Gasteiger charge is -2.22. The average molecular weight is 360 g/mol. The highest BCUT2D eigenvalue weighted by Gasteiger charge is 2.35. The average Bonchev–Trinajstić information content (AvgIpc) is 2.43. The second kappa shape index (κ2) is 6.05. The summed E-state index contributed by atoms with van der Waals surface area (Å²) in [5, 5.41) is 0. The van der Waals surface area contributed by atoms with Gasteiger partial charge in [0, 0.05) is 10.2 Å². The molecule has 1 unspecified atom stereocenters. The van der Waals surface area contributed by atoms with Gasteiger partial charge in [-0.15, -0.1) is 0 Å². The third-order valence-electron chi connectivity index (χ3n) is 3.10. The van der Waals surface area contributed by atoms with E-state index in [2.05, 4.69) is 21.4 Å². The van der Waals surface area contributed by atoms with Crippen molar-refractivity contribution in [2.24, 2.45) is 5.84 Å². The third-order valence-corrected chi connectivity index (χ3v) is 3.60. The fourth-order valence-corrected chi connectivity index (χ4v) is 2.53. The van der Waals surface area contributed by atoms with E-state index in [0.717, 1.165) is 6.07 Å². The summed E-state index contributed by atoms with van der Waals surface area (Å²) >= 11 is 3.28. The van der Waals surface area contributed by atoms with Crippen LogP contribution in [0.2, 0.25) is 0 Å². The smallest absolute Gasteiger partial charge is 0.398 e. The molecule has 112 valence electrons. The highest BCUT2D eigenvalue weighted by Crippen LogP contribution is 2.37. The van der Waals surface area contributed by atoms with Crippen molar-refractivity contribution >= 4 is 21.6 Å². The normalized spacial score (nSPS) is 13.2. The maximum Gasteiger partial charge on any atom is 0.416 e. The Labute approximate surface area is 128 Å². The first-order valence-electron chi connectivity index (χ1n) is 6.01. The monoisotopic (exact) mass is 359 g/mol. The van der Waals surface area contributed by atoms with E-state index in [4.69, 9.17) is 11.6 Å². The number of hydrazine groups is 1. The number of alkyl halides is 3. The van der Waals surface area contributed by atoms with Crippen LogP contribution in [-0.4, -0.2) is 0 Å². The molecule has 5 N–H and O–H groups in total. The quantitative estimate of drug-likeness (QED) is 0.445. The third kappa shape index (κ3) is 3.37. The number of halogens is 4. The van der Waals surface area contributed by atoms with Crippen molar-refractivity contribution in [1.29, 1.82) is 0 Å². The Hall–Kier alpha value is -1.57. The molecule has 0 fully saturated rings. The Morgan fingerprint density at radius 1 is 1.05 bits per heavy atom. The number of benzene rings is 2. The van der Waals surface area contributed by atoms with Crippen LogP contribution >= 0.6 is 15.9 Å². The lowest BCUT2D eigenvalue weighted by molar-refractivity contribution is -0.138. The van der Waals surface area contributed by atoms with Crippen LogP contribution in [0.1, 0.15) is 22.7 Å². The summed E-state index contributed by atoms with van der Waals surface area (Å²) in [6, 6.07) is 9.38. The van der Waals surface area contributed by atoms with Crippen LogP contribution in [0.25, 0.3) is 0 Å². The van der Waals surface area contributed by atoms with E-state index < -0.39 is 17.8 Å². The number of hydrogen-bond acceptors (Lipinski definition) is 3. The summed E-state index contributed by atoms with van der Waals surface area (Å²) < 4.78 is 40.1. The molecule has 0 aliphatic rings. The minimum absolute atomic E-state index is 0.0253. The first-order valence-corrected chi connectivity index (χ1v) is 6.81. The second-order valence-corrected chi connectivity index (χ2v) is 5.37. The van der Waals surface area contributed by atoms with Gasteiger partial charge in [0.15, 0.2) is 0 Å². The molecule has 1 atom stereocenters. The molecule has 2 rings (SSSR count). The SMILES string of the molecule is NNC(c1cc(Br)ccc1N)c1ccccc1C(F)(F)F. The molecular formula is C14H13BrF3N3. The van der Waals surface area contributed by atoms with E-state index in [9.17, 15) is 13.2 Å². The molecule has 3 nitrogen and oxygen atoms in total. The van der Waals surface area contributed by atoms with Gasteiger partial charge in [0.05, 0.1) is 11.6 Å². The fourth-order valence-electron chi connectivity index (χ4n) is 2.15. The van der Waals surface area contributed by atoms with E-state index >= 15 is 0 Å². The largest absolute Gasteiger partial charge is 0.416 e. The maximum absolute atomic E-state index is 13.1. The standard InChI is InChI=1S/C14H13BrF3N3/c15-8-5-6-12(19)10(7-8)13(21-20)9-3-1-2-4-11(9)14(16,17)18/h1-7,13,21H,19-20H2. The van der Waals surface area contributed by atoms with Crippen LogP contribution in [0.15, 0.2) is 46.9 Å². The summed E-state index contributed by atoms with van der Waals surface area (Å²) in [4.78, 5) is 0. The second-order valence-electron chi connectivity index (χ2n) is 4.46. The first kappa shape index (κ1) is 15.8. The molecule has 7 heteroatoms. The Morgan fingerprint density at radius 3 is 2.33 bits per heavy atom. The number of nitrogen functional groups attached to an aromatic ring is 1. The highest BCUT2D eigenvalue weighted by atomic mass is 79.9. The summed E-state index contributed by atoms with van der Waals surface area (Å²) in [6.07, 6.45) is -4.47. The van der Waals surface area contributed by atoms with E-state index in [-0.39, 0.29) is 5.56 Å². The molecule has 0 amide bonds. The van der Waals surface area contributed by atoms with E-state index in [1.165, 1.54) is 18.2 Å². The number of nitrogens with one attached hydrogen (secondary N) is 1. The summed E-state index contributed by atoms with van der Waals surface area (Å²) in [7, 11) is 0. The van der Waals surface area contributed by atoms with Crippen LogP contribution < -0.4 is 17.0 Å². The van der Waals surface area contributed by atoms with Crippen molar-refractivity contribution < 1.29 is 13.2 Å². The molecule has 0 spiro atoms. The highest BCUT2D eigenvalue weighted by molar-refractivity contribution is 9.10. The Kier molecular flexibility index (Phi) is 4.55. The lowest BCUT2D eigenvalue weighted by atomic mass is 9.93. The summed E-state index contributed by atoms with van der Waals surface area (Å²) in [5.74, 6) is 5.48. The zero-order chi connectivity index (χ0) is 15.6. The number of rotatable bonds is 3.